The Morgan fingerprint density at radius 1 is 1.29 bits per heavy atom. The van der Waals surface area contributed by atoms with Crippen molar-refractivity contribution in [3.05, 3.63) is 47.5 Å². The smallest absolute Gasteiger partial charge is 0.187 e. The standard InChI is InChI=1S/C12H12FN3S/c1-8-5-15-12(16-6-8)17-7-9-2-3-10(13)4-11(9)14/h2-6H,7,14H2,1H3. The summed E-state index contributed by atoms with van der Waals surface area (Å²) in [4.78, 5) is 8.36. The molecule has 0 radical (unpaired) electrons. The molecule has 88 valence electrons. The quantitative estimate of drug-likeness (QED) is 0.516. The Hall–Kier alpha value is -1.62. The first-order chi connectivity index (χ1) is 8.15. The zero-order valence-corrected chi connectivity index (χ0v) is 10.2. The van der Waals surface area contributed by atoms with Crippen LogP contribution in [0.15, 0.2) is 35.7 Å². The summed E-state index contributed by atoms with van der Waals surface area (Å²) in [6.45, 7) is 1.94. The molecule has 0 amide bonds. The Morgan fingerprint density at radius 2 is 2.00 bits per heavy atom. The van der Waals surface area contributed by atoms with Gasteiger partial charge in [0.15, 0.2) is 5.16 Å². The van der Waals surface area contributed by atoms with Crippen LogP contribution < -0.4 is 5.73 Å². The molecule has 0 saturated heterocycles. The van der Waals surface area contributed by atoms with Gasteiger partial charge < -0.3 is 5.73 Å². The maximum absolute atomic E-state index is 12.8. The van der Waals surface area contributed by atoms with Crippen LogP contribution in [-0.2, 0) is 5.75 Å². The number of hydrogen-bond acceptors (Lipinski definition) is 4. The van der Waals surface area contributed by atoms with Crippen molar-refractivity contribution < 1.29 is 4.39 Å². The summed E-state index contributed by atoms with van der Waals surface area (Å²) in [5, 5.41) is 0.694. The van der Waals surface area contributed by atoms with Crippen LogP contribution in [0.3, 0.4) is 0 Å². The minimum atomic E-state index is -0.317. The number of thioether (sulfide) groups is 1. The molecule has 0 aliphatic carbocycles. The summed E-state index contributed by atoms with van der Waals surface area (Å²) in [6, 6.07) is 4.42. The average Bonchev–Trinajstić information content (AvgIpc) is 2.30. The topological polar surface area (TPSA) is 51.8 Å². The van der Waals surface area contributed by atoms with Gasteiger partial charge in [0.1, 0.15) is 5.82 Å². The maximum Gasteiger partial charge on any atom is 0.187 e. The lowest BCUT2D eigenvalue weighted by atomic mass is 10.2. The van der Waals surface area contributed by atoms with Gasteiger partial charge in [-0.05, 0) is 30.2 Å². The second kappa shape index (κ2) is 5.14. The predicted octanol–water partition coefficient (Wildman–Crippen LogP) is 2.80. The molecule has 0 aliphatic heterocycles. The Bertz CT molecular complexity index is 514. The van der Waals surface area contributed by atoms with E-state index in [1.54, 1.807) is 18.5 Å². The van der Waals surface area contributed by atoms with Crippen molar-refractivity contribution in [2.45, 2.75) is 17.8 Å². The highest BCUT2D eigenvalue weighted by molar-refractivity contribution is 7.98. The highest BCUT2D eigenvalue weighted by Gasteiger charge is 2.03. The minimum absolute atomic E-state index is 0.317. The van der Waals surface area contributed by atoms with Crippen LogP contribution in [0.1, 0.15) is 11.1 Å². The fraction of sp³-hybridized carbons (Fsp3) is 0.167. The molecule has 1 aromatic heterocycles. The molecule has 1 aromatic carbocycles. The van der Waals surface area contributed by atoms with E-state index in [1.165, 1.54) is 23.9 Å². The number of halogens is 1. The number of nitrogens with zero attached hydrogens (tertiary/aromatic N) is 2. The normalized spacial score (nSPS) is 10.5. The molecule has 0 fully saturated rings. The second-order valence-corrected chi connectivity index (χ2v) is 4.62. The van der Waals surface area contributed by atoms with E-state index in [0.717, 1.165) is 11.1 Å². The summed E-state index contributed by atoms with van der Waals surface area (Å²) in [7, 11) is 0. The molecule has 0 atom stereocenters. The Balaban J connectivity index is 2.04. The van der Waals surface area contributed by atoms with E-state index in [-0.39, 0.29) is 5.82 Å². The largest absolute Gasteiger partial charge is 0.398 e. The van der Waals surface area contributed by atoms with Gasteiger partial charge >= 0.3 is 0 Å². The van der Waals surface area contributed by atoms with Crippen LogP contribution in [0, 0.1) is 12.7 Å². The molecule has 0 saturated carbocycles. The third-order valence-corrected chi connectivity index (χ3v) is 3.15. The summed E-state index contributed by atoms with van der Waals surface area (Å²) >= 11 is 1.48. The average molecular weight is 249 g/mol. The first-order valence-corrected chi connectivity index (χ1v) is 6.09. The van der Waals surface area contributed by atoms with Gasteiger partial charge in [0, 0.05) is 23.8 Å². The van der Waals surface area contributed by atoms with E-state index in [2.05, 4.69) is 9.97 Å². The Morgan fingerprint density at radius 3 is 2.65 bits per heavy atom. The van der Waals surface area contributed by atoms with Gasteiger partial charge in [-0.25, -0.2) is 14.4 Å². The molecule has 3 nitrogen and oxygen atoms in total. The van der Waals surface area contributed by atoms with E-state index in [9.17, 15) is 4.39 Å². The molecule has 2 rings (SSSR count). The van der Waals surface area contributed by atoms with E-state index < -0.39 is 0 Å². The number of aromatic nitrogens is 2. The van der Waals surface area contributed by atoms with E-state index in [1.807, 2.05) is 6.92 Å². The van der Waals surface area contributed by atoms with Crippen LogP contribution in [0.4, 0.5) is 10.1 Å². The minimum Gasteiger partial charge on any atom is -0.398 e. The molecule has 0 aliphatic rings. The van der Waals surface area contributed by atoms with Crippen molar-refractivity contribution >= 4 is 17.4 Å². The summed E-state index contributed by atoms with van der Waals surface area (Å²) in [5.74, 6) is 0.317. The van der Waals surface area contributed by atoms with E-state index in [0.29, 0.717) is 16.6 Å². The van der Waals surface area contributed by atoms with E-state index in [4.69, 9.17) is 5.73 Å². The third kappa shape index (κ3) is 3.17. The van der Waals surface area contributed by atoms with Gasteiger partial charge in [0.05, 0.1) is 0 Å². The number of rotatable bonds is 3. The molecule has 0 bridgehead atoms. The Labute approximate surface area is 103 Å². The third-order valence-electron chi connectivity index (χ3n) is 2.22. The highest BCUT2D eigenvalue weighted by atomic mass is 32.2. The molecule has 17 heavy (non-hydrogen) atoms. The van der Waals surface area contributed by atoms with Gasteiger partial charge in [-0.3, -0.25) is 0 Å². The number of benzene rings is 1. The van der Waals surface area contributed by atoms with Crippen LogP contribution >= 0.6 is 11.8 Å². The SMILES string of the molecule is Cc1cnc(SCc2ccc(F)cc2N)nc1. The molecular formula is C12H12FN3S. The van der Waals surface area contributed by atoms with Gasteiger partial charge in [0.2, 0.25) is 0 Å². The zero-order chi connectivity index (χ0) is 12.3. The van der Waals surface area contributed by atoms with E-state index >= 15 is 0 Å². The van der Waals surface area contributed by atoms with Gasteiger partial charge in [-0.1, -0.05) is 17.8 Å². The summed E-state index contributed by atoms with van der Waals surface area (Å²) in [6.07, 6.45) is 3.53. The number of aryl methyl sites for hydroxylation is 1. The monoisotopic (exact) mass is 249 g/mol. The zero-order valence-electron chi connectivity index (χ0n) is 9.35. The summed E-state index contributed by atoms with van der Waals surface area (Å²) < 4.78 is 12.8. The number of anilines is 1. The molecular weight excluding hydrogens is 237 g/mol. The first kappa shape index (κ1) is 11.9. The molecule has 5 heteroatoms. The maximum atomic E-state index is 12.8. The van der Waals surface area contributed by atoms with Crippen molar-refractivity contribution in [3.63, 3.8) is 0 Å². The molecule has 0 spiro atoms. The number of hydrogen-bond donors (Lipinski definition) is 1. The van der Waals surface area contributed by atoms with Crippen molar-refractivity contribution in [1.82, 2.24) is 9.97 Å². The van der Waals surface area contributed by atoms with Crippen LogP contribution in [-0.4, -0.2) is 9.97 Å². The van der Waals surface area contributed by atoms with Crippen LogP contribution in [0.5, 0.6) is 0 Å². The lowest BCUT2D eigenvalue weighted by Gasteiger charge is -2.04. The number of nitrogens with two attached hydrogens (primary N) is 1. The number of nitrogen functional groups attached to an aromatic ring is 1. The molecule has 0 unspecified atom stereocenters. The first-order valence-electron chi connectivity index (χ1n) is 5.10. The Kier molecular flexibility index (Phi) is 3.58. The molecule has 1 heterocycles. The van der Waals surface area contributed by atoms with Gasteiger partial charge in [-0.15, -0.1) is 0 Å². The van der Waals surface area contributed by atoms with Gasteiger partial charge in [0.25, 0.3) is 0 Å². The van der Waals surface area contributed by atoms with Gasteiger partial charge in [-0.2, -0.15) is 0 Å². The predicted molar refractivity (Wildman–Crippen MR) is 67.1 cm³/mol. The fourth-order valence-corrected chi connectivity index (χ4v) is 2.10. The lowest BCUT2D eigenvalue weighted by molar-refractivity contribution is 0.628. The lowest BCUT2D eigenvalue weighted by Crippen LogP contribution is -1.94. The second-order valence-electron chi connectivity index (χ2n) is 3.67. The van der Waals surface area contributed by atoms with Crippen molar-refractivity contribution in [1.29, 1.82) is 0 Å². The summed E-state index contributed by atoms with van der Waals surface area (Å²) in [5.41, 5.74) is 8.09. The molecule has 2 aromatic rings. The van der Waals surface area contributed by atoms with Crippen molar-refractivity contribution in [3.8, 4) is 0 Å². The van der Waals surface area contributed by atoms with Crippen molar-refractivity contribution in [2.24, 2.45) is 0 Å². The highest BCUT2D eigenvalue weighted by Crippen LogP contribution is 2.23. The molecule has 2 N–H and O–H groups in total. The van der Waals surface area contributed by atoms with Crippen LogP contribution in [0.2, 0.25) is 0 Å². The fourth-order valence-electron chi connectivity index (χ4n) is 1.29. The van der Waals surface area contributed by atoms with Crippen molar-refractivity contribution in [2.75, 3.05) is 5.73 Å². The van der Waals surface area contributed by atoms with Crippen LogP contribution in [0.25, 0.3) is 0 Å².